The molecule has 20 heavy (non-hydrogen) atoms. The van der Waals surface area contributed by atoms with Gasteiger partial charge < -0.3 is 15.0 Å². The summed E-state index contributed by atoms with van der Waals surface area (Å²) < 4.78 is 7.29. The molecule has 0 bridgehead atoms. The van der Waals surface area contributed by atoms with Gasteiger partial charge in [-0.15, -0.1) is 0 Å². The Bertz CT molecular complexity index is 642. The first-order valence-electron chi connectivity index (χ1n) is 5.79. The number of nitrogens with two attached hydrogens (primary N) is 1. The molecule has 1 aromatic heterocycles. The van der Waals surface area contributed by atoms with Crippen LogP contribution in [-0.4, -0.2) is 14.5 Å². The van der Waals surface area contributed by atoms with Gasteiger partial charge in [-0.3, -0.25) is 10.1 Å². The number of non-ortho nitro benzene ring substituents is 1. The van der Waals surface area contributed by atoms with E-state index >= 15 is 0 Å². The fourth-order valence-corrected chi connectivity index (χ4v) is 1.83. The van der Waals surface area contributed by atoms with Crippen LogP contribution in [0.25, 0.3) is 0 Å². The quantitative estimate of drug-likeness (QED) is 0.672. The van der Waals surface area contributed by atoms with E-state index in [1.807, 2.05) is 0 Å². The maximum Gasteiger partial charge on any atom is 0.270 e. The van der Waals surface area contributed by atoms with Crippen molar-refractivity contribution in [3.8, 4) is 5.75 Å². The topological polar surface area (TPSA) is 96.2 Å². The van der Waals surface area contributed by atoms with Gasteiger partial charge in [-0.1, -0.05) is 11.6 Å². The van der Waals surface area contributed by atoms with E-state index < -0.39 is 4.92 Å². The summed E-state index contributed by atoms with van der Waals surface area (Å²) in [5.74, 6) is 1.15. The average molecular weight is 297 g/mol. The predicted octanol–water partition coefficient (Wildman–Crippen LogP) is 2.02. The van der Waals surface area contributed by atoms with Crippen LogP contribution in [0.2, 0.25) is 5.15 Å². The van der Waals surface area contributed by atoms with Gasteiger partial charge in [-0.2, -0.15) is 0 Å². The molecule has 0 saturated carbocycles. The molecule has 0 aliphatic heterocycles. The third kappa shape index (κ3) is 2.89. The van der Waals surface area contributed by atoms with Crippen LogP contribution in [0.15, 0.2) is 24.4 Å². The second kappa shape index (κ2) is 5.89. The highest BCUT2D eigenvalue weighted by Gasteiger charge is 2.12. The summed E-state index contributed by atoms with van der Waals surface area (Å²) in [6.07, 6.45) is 1.53. The second-order valence-electron chi connectivity index (χ2n) is 4.10. The fourth-order valence-electron chi connectivity index (χ4n) is 1.68. The molecule has 1 aromatic carbocycles. The lowest BCUT2D eigenvalue weighted by molar-refractivity contribution is -0.384. The molecular formula is C12H13ClN4O3. The lowest BCUT2D eigenvalue weighted by Gasteiger charge is -2.10. The molecule has 0 radical (unpaired) electrons. The van der Waals surface area contributed by atoms with E-state index in [4.69, 9.17) is 22.1 Å². The normalized spacial score (nSPS) is 10.6. The summed E-state index contributed by atoms with van der Waals surface area (Å²) in [6.45, 7) is 0.354. The summed E-state index contributed by atoms with van der Waals surface area (Å²) >= 11 is 5.88. The van der Waals surface area contributed by atoms with Crippen molar-refractivity contribution in [1.29, 1.82) is 0 Å². The Kier molecular flexibility index (Phi) is 4.21. The number of hydrogen-bond donors (Lipinski definition) is 1. The highest BCUT2D eigenvalue weighted by atomic mass is 35.5. The minimum absolute atomic E-state index is 0.0159. The number of hydrogen-bond acceptors (Lipinski definition) is 5. The van der Waals surface area contributed by atoms with Gasteiger partial charge in [-0.25, -0.2) is 4.98 Å². The zero-order valence-electron chi connectivity index (χ0n) is 10.7. The van der Waals surface area contributed by atoms with Gasteiger partial charge in [0.1, 0.15) is 23.3 Å². The van der Waals surface area contributed by atoms with Crippen molar-refractivity contribution in [2.45, 2.75) is 13.2 Å². The van der Waals surface area contributed by atoms with Crippen molar-refractivity contribution >= 4 is 17.3 Å². The highest BCUT2D eigenvalue weighted by Crippen LogP contribution is 2.24. The largest absolute Gasteiger partial charge is 0.485 e. The van der Waals surface area contributed by atoms with Crippen LogP contribution in [0.5, 0.6) is 5.75 Å². The van der Waals surface area contributed by atoms with E-state index in [0.717, 1.165) is 0 Å². The van der Waals surface area contributed by atoms with Crippen molar-refractivity contribution in [2.75, 3.05) is 0 Å². The molecule has 0 unspecified atom stereocenters. The molecule has 0 spiro atoms. The molecular weight excluding hydrogens is 284 g/mol. The number of halogens is 1. The molecule has 7 nitrogen and oxygen atoms in total. The maximum absolute atomic E-state index is 10.7. The summed E-state index contributed by atoms with van der Waals surface area (Å²) in [5, 5.41) is 11.2. The predicted molar refractivity (Wildman–Crippen MR) is 73.5 cm³/mol. The second-order valence-corrected chi connectivity index (χ2v) is 4.49. The van der Waals surface area contributed by atoms with Crippen molar-refractivity contribution in [2.24, 2.45) is 12.8 Å². The van der Waals surface area contributed by atoms with Gasteiger partial charge in [0.25, 0.3) is 5.69 Å². The number of nitrogens with zero attached hydrogens (tertiary/aromatic N) is 3. The van der Waals surface area contributed by atoms with Gasteiger partial charge in [0.2, 0.25) is 0 Å². The minimum atomic E-state index is -0.471. The third-order valence-electron chi connectivity index (χ3n) is 2.86. The van der Waals surface area contributed by atoms with Crippen LogP contribution in [0, 0.1) is 10.1 Å². The fraction of sp³-hybridized carbons (Fsp3) is 0.250. The molecule has 2 N–H and O–H groups in total. The number of ether oxygens (including phenoxy) is 1. The third-order valence-corrected chi connectivity index (χ3v) is 3.21. The summed E-state index contributed by atoms with van der Waals surface area (Å²) in [6, 6.07) is 4.31. The molecule has 0 aliphatic carbocycles. The van der Waals surface area contributed by atoms with Crippen LogP contribution < -0.4 is 10.5 Å². The molecule has 0 amide bonds. The van der Waals surface area contributed by atoms with Gasteiger partial charge in [0, 0.05) is 31.3 Å². The van der Waals surface area contributed by atoms with E-state index in [2.05, 4.69) is 4.98 Å². The van der Waals surface area contributed by atoms with Crippen LogP contribution in [-0.2, 0) is 20.2 Å². The molecule has 0 saturated heterocycles. The summed E-state index contributed by atoms with van der Waals surface area (Å²) in [7, 11) is 1.77. The van der Waals surface area contributed by atoms with Crippen molar-refractivity contribution in [3.05, 3.63) is 51.1 Å². The van der Waals surface area contributed by atoms with E-state index in [1.165, 1.54) is 24.4 Å². The van der Waals surface area contributed by atoms with E-state index in [0.29, 0.717) is 22.3 Å². The Morgan fingerprint density at radius 2 is 2.30 bits per heavy atom. The van der Waals surface area contributed by atoms with Crippen LogP contribution in [0.4, 0.5) is 5.69 Å². The lowest BCUT2D eigenvalue weighted by atomic mass is 10.2. The number of nitro benzene ring substituents is 1. The summed E-state index contributed by atoms with van der Waals surface area (Å²) in [5.41, 5.74) is 6.13. The number of rotatable bonds is 5. The molecule has 0 aliphatic rings. The molecule has 2 rings (SSSR count). The SMILES string of the molecule is Cn1c(Cl)cnc1COc1ccc([N+](=O)[O-])cc1CN. The van der Waals surface area contributed by atoms with Crippen LogP contribution >= 0.6 is 11.6 Å². The van der Waals surface area contributed by atoms with Crippen molar-refractivity contribution in [3.63, 3.8) is 0 Å². The van der Waals surface area contributed by atoms with Gasteiger partial charge in [0.05, 0.1) is 11.1 Å². The Hall–Kier alpha value is -2.12. The van der Waals surface area contributed by atoms with Gasteiger partial charge in [-0.05, 0) is 6.07 Å². The van der Waals surface area contributed by atoms with E-state index in [9.17, 15) is 10.1 Å². The molecule has 0 atom stereocenters. The molecule has 1 heterocycles. The Morgan fingerprint density at radius 1 is 1.55 bits per heavy atom. The Morgan fingerprint density at radius 3 is 2.85 bits per heavy atom. The zero-order chi connectivity index (χ0) is 14.7. The van der Waals surface area contributed by atoms with Crippen LogP contribution in [0.1, 0.15) is 11.4 Å². The maximum atomic E-state index is 10.7. The summed E-state index contributed by atoms with van der Waals surface area (Å²) in [4.78, 5) is 14.3. The first-order valence-corrected chi connectivity index (χ1v) is 6.17. The molecule has 106 valence electrons. The molecule has 8 heteroatoms. The van der Waals surface area contributed by atoms with Crippen molar-refractivity contribution in [1.82, 2.24) is 9.55 Å². The average Bonchev–Trinajstić information content (AvgIpc) is 2.76. The highest BCUT2D eigenvalue weighted by molar-refractivity contribution is 6.29. The first kappa shape index (κ1) is 14.3. The number of imidazole rings is 1. The molecule has 2 aromatic rings. The monoisotopic (exact) mass is 296 g/mol. The smallest absolute Gasteiger partial charge is 0.270 e. The standard InChI is InChI=1S/C12H13ClN4O3/c1-16-11(13)6-15-12(16)7-20-10-3-2-9(17(18)19)4-8(10)5-14/h2-4,6H,5,7,14H2,1H3. The van der Waals surface area contributed by atoms with Crippen LogP contribution in [0.3, 0.4) is 0 Å². The number of aromatic nitrogens is 2. The van der Waals surface area contributed by atoms with Gasteiger partial charge >= 0.3 is 0 Å². The number of benzene rings is 1. The van der Waals surface area contributed by atoms with Gasteiger partial charge in [0.15, 0.2) is 0 Å². The molecule has 0 fully saturated rings. The van der Waals surface area contributed by atoms with E-state index in [-0.39, 0.29) is 18.8 Å². The van der Waals surface area contributed by atoms with E-state index in [1.54, 1.807) is 11.6 Å². The first-order chi connectivity index (χ1) is 9.52. The Labute approximate surface area is 120 Å². The minimum Gasteiger partial charge on any atom is -0.485 e. The Balaban J connectivity index is 2.17. The lowest BCUT2D eigenvalue weighted by Crippen LogP contribution is -2.07. The zero-order valence-corrected chi connectivity index (χ0v) is 11.5. The number of nitro groups is 1. The van der Waals surface area contributed by atoms with Crippen molar-refractivity contribution < 1.29 is 9.66 Å².